The van der Waals surface area contributed by atoms with Gasteiger partial charge in [0, 0.05) is 25.9 Å². The van der Waals surface area contributed by atoms with Gasteiger partial charge in [0.2, 0.25) is 23.6 Å². The molecule has 0 aromatic heterocycles. The first-order valence-electron chi connectivity index (χ1n) is 13.9. The Balaban J connectivity index is 4.00. The van der Waals surface area contributed by atoms with Crippen LogP contribution in [0.2, 0.25) is 0 Å². The molecule has 6 N–H and O–H groups in total. The molecule has 0 aliphatic carbocycles. The standard InChI is InChI=1S/C27H48N4O8/c1-18(2)24(30-20(32)12-14-22(34)35)26(38)28-16-10-8-6-5-7-9-11-17-29-27(39)25(19(3)4)31-21(33)13-15-23(36)37/h18-19,24-25H,5-17H2,1-4H3,(H,28,38)(H,29,39)(H,30,32)(H,31,33)(H,34,35)(H,36,37)/t24-,25-/m0/s1. The van der Waals surface area contributed by atoms with E-state index in [1.165, 1.54) is 0 Å². The smallest absolute Gasteiger partial charge is 0.303 e. The van der Waals surface area contributed by atoms with Crippen molar-refractivity contribution in [2.24, 2.45) is 11.8 Å². The Morgan fingerprint density at radius 3 is 1.10 bits per heavy atom. The van der Waals surface area contributed by atoms with Crippen LogP contribution in [0.15, 0.2) is 0 Å². The molecule has 0 radical (unpaired) electrons. The fourth-order valence-electron chi connectivity index (χ4n) is 3.78. The lowest BCUT2D eigenvalue weighted by Gasteiger charge is -2.21. The van der Waals surface area contributed by atoms with Gasteiger partial charge in [0.15, 0.2) is 0 Å². The minimum absolute atomic E-state index is 0.123. The second kappa shape index (κ2) is 20.7. The Morgan fingerprint density at radius 1 is 0.513 bits per heavy atom. The van der Waals surface area contributed by atoms with Gasteiger partial charge in [-0.3, -0.25) is 28.8 Å². The van der Waals surface area contributed by atoms with Gasteiger partial charge in [-0.15, -0.1) is 0 Å². The molecular weight excluding hydrogens is 508 g/mol. The van der Waals surface area contributed by atoms with Crippen molar-refractivity contribution in [3.63, 3.8) is 0 Å². The van der Waals surface area contributed by atoms with Crippen molar-refractivity contribution >= 4 is 35.6 Å². The second-order valence-electron chi connectivity index (χ2n) is 10.4. The second-order valence-corrected chi connectivity index (χ2v) is 10.4. The average Bonchev–Trinajstić information content (AvgIpc) is 2.85. The molecule has 0 spiro atoms. The Bertz CT molecular complexity index is 737. The van der Waals surface area contributed by atoms with E-state index < -0.39 is 35.8 Å². The van der Waals surface area contributed by atoms with Gasteiger partial charge in [0.1, 0.15) is 12.1 Å². The van der Waals surface area contributed by atoms with Crippen LogP contribution in [-0.2, 0) is 28.8 Å². The molecule has 0 bridgehead atoms. The zero-order chi connectivity index (χ0) is 29.8. The zero-order valence-electron chi connectivity index (χ0n) is 23.8. The number of amides is 4. The molecule has 39 heavy (non-hydrogen) atoms. The summed E-state index contributed by atoms with van der Waals surface area (Å²) in [4.78, 5) is 69.8. The summed E-state index contributed by atoms with van der Waals surface area (Å²) in [7, 11) is 0. The first-order valence-corrected chi connectivity index (χ1v) is 13.9. The Morgan fingerprint density at radius 2 is 0.821 bits per heavy atom. The minimum Gasteiger partial charge on any atom is -0.481 e. The number of rotatable bonds is 22. The third kappa shape index (κ3) is 18.7. The topological polar surface area (TPSA) is 191 Å². The van der Waals surface area contributed by atoms with Crippen molar-refractivity contribution in [2.45, 2.75) is 110 Å². The summed E-state index contributed by atoms with van der Waals surface area (Å²) in [6, 6.07) is -1.40. The van der Waals surface area contributed by atoms with Crippen LogP contribution in [0.4, 0.5) is 0 Å². The minimum atomic E-state index is -1.06. The number of aliphatic carboxylic acids is 2. The highest BCUT2D eigenvalue weighted by molar-refractivity contribution is 5.89. The number of hydrogen-bond donors (Lipinski definition) is 6. The van der Waals surface area contributed by atoms with Crippen LogP contribution >= 0.6 is 0 Å². The van der Waals surface area contributed by atoms with Crippen molar-refractivity contribution in [3.05, 3.63) is 0 Å². The van der Waals surface area contributed by atoms with Crippen LogP contribution in [-0.4, -0.2) is 71.0 Å². The third-order valence-electron chi connectivity index (χ3n) is 6.12. The zero-order valence-corrected chi connectivity index (χ0v) is 23.8. The highest BCUT2D eigenvalue weighted by atomic mass is 16.4. The predicted molar refractivity (Wildman–Crippen MR) is 146 cm³/mol. The Kier molecular flexibility index (Phi) is 19.0. The average molecular weight is 557 g/mol. The van der Waals surface area contributed by atoms with E-state index in [0.29, 0.717) is 13.1 Å². The summed E-state index contributed by atoms with van der Waals surface area (Å²) in [5.74, 6) is -3.81. The van der Waals surface area contributed by atoms with Crippen molar-refractivity contribution < 1.29 is 39.0 Å². The van der Waals surface area contributed by atoms with Crippen molar-refractivity contribution in [1.82, 2.24) is 21.3 Å². The maximum atomic E-state index is 12.4. The molecule has 0 rings (SSSR count). The molecule has 0 aromatic rings. The summed E-state index contributed by atoms with van der Waals surface area (Å²) in [6.07, 6.45) is 5.71. The van der Waals surface area contributed by atoms with Crippen LogP contribution in [0.25, 0.3) is 0 Å². The van der Waals surface area contributed by atoms with Gasteiger partial charge in [-0.25, -0.2) is 0 Å². The first-order chi connectivity index (χ1) is 18.3. The summed E-state index contributed by atoms with van der Waals surface area (Å²) >= 11 is 0. The highest BCUT2D eigenvalue weighted by Gasteiger charge is 2.25. The lowest BCUT2D eigenvalue weighted by Crippen LogP contribution is -2.49. The molecule has 0 fully saturated rings. The molecule has 12 nitrogen and oxygen atoms in total. The predicted octanol–water partition coefficient (Wildman–Crippen LogP) is 1.96. The summed E-state index contributed by atoms with van der Waals surface area (Å²) < 4.78 is 0. The van der Waals surface area contributed by atoms with Crippen molar-refractivity contribution in [3.8, 4) is 0 Å². The Hall–Kier alpha value is -3.18. The number of carbonyl (C=O) groups is 6. The molecule has 0 saturated heterocycles. The Labute approximate surface area is 231 Å². The van der Waals surface area contributed by atoms with Crippen LogP contribution in [0.5, 0.6) is 0 Å². The van der Waals surface area contributed by atoms with Crippen LogP contribution in [0, 0.1) is 11.8 Å². The van der Waals surface area contributed by atoms with E-state index in [1.54, 1.807) is 0 Å². The molecule has 12 heteroatoms. The van der Waals surface area contributed by atoms with E-state index in [2.05, 4.69) is 21.3 Å². The summed E-state index contributed by atoms with van der Waals surface area (Å²) in [5.41, 5.74) is 0. The third-order valence-corrected chi connectivity index (χ3v) is 6.12. The normalized spacial score (nSPS) is 12.5. The van der Waals surface area contributed by atoms with Gasteiger partial charge in [-0.05, 0) is 24.7 Å². The van der Waals surface area contributed by atoms with Crippen molar-refractivity contribution in [2.75, 3.05) is 13.1 Å². The molecular formula is C27H48N4O8. The first kappa shape index (κ1) is 35.8. The monoisotopic (exact) mass is 556 g/mol. The summed E-state index contributed by atoms with van der Waals surface area (Å²) in [6.45, 7) is 8.28. The van der Waals surface area contributed by atoms with Crippen molar-refractivity contribution in [1.29, 1.82) is 0 Å². The lowest BCUT2D eigenvalue weighted by molar-refractivity contribution is -0.139. The summed E-state index contributed by atoms with van der Waals surface area (Å²) in [5, 5.41) is 28.3. The molecule has 0 heterocycles. The van der Waals surface area contributed by atoms with Gasteiger partial charge >= 0.3 is 11.9 Å². The van der Waals surface area contributed by atoms with E-state index in [-0.39, 0.29) is 49.3 Å². The molecule has 224 valence electrons. The number of hydrogen-bond acceptors (Lipinski definition) is 6. The molecule has 0 saturated carbocycles. The molecule has 4 amide bonds. The number of nitrogens with one attached hydrogen (secondary N) is 4. The SMILES string of the molecule is CC(C)[C@H](NC(=O)CCC(=O)O)C(=O)NCCCCCCCCCNC(=O)[C@@H](NC(=O)CCC(=O)O)C(C)C. The molecule has 0 aromatic carbocycles. The molecule has 0 unspecified atom stereocenters. The van der Waals surface area contributed by atoms with E-state index >= 15 is 0 Å². The van der Waals surface area contributed by atoms with Gasteiger partial charge in [0.05, 0.1) is 12.8 Å². The fourth-order valence-corrected chi connectivity index (χ4v) is 3.78. The van der Waals surface area contributed by atoms with E-state index in [0.717, 1.165) is 44.9 Å². The van der Waals surface area contributed by atoms with Gasteiger partial charge in [-0.1, -0.05) is 59.8 Å². The number of unbranched alkanes of at least 4 members (excludes halogenated alkanes) is 6. The van der Waals surface area contributed by atoms with E-state index in [1.807, 2.05) is 27.7 Å². The molecule has 0 aliphatic rings. The van der Waals surface area contributed by atoms with Gasteiger partial charge in [-0.2, -0.15) is 0 Å². The maximum absolute atomic E-state index is 12.4. The van der Waals surface area contributed by atoms with E-state index in [9.17, 15) is 28.8 Å². The number of carbonyl (C=O) groups excluding carboxylic acids is 4. The van der Waals surface area contributed by atoms with Crippen LogP contribution < -0.4 is 21.3 Å². The fraction of sp³-hybridized carbons (Fsp3) is 0.778. The lowest BCUT2D eigenvalue weighted by atomic mass is 10.0. The number of carboxylic acids is 2. The van der Waals surface area contributed by atoms with E-state index in [4.69, 9.17) is 10.2 Å². The highest BCUT2D eigenvalue weighted by Crippen LogP contribution is 2.08. The molecule has 2 atom stereocenters. The van der Waals surface area contributed by atoms with Crippen LogP contribution in [0.3, 0.4) is 0 Å². The van der Waals surface area contributed by atoms with Crippen LogP contribution in [0.1, 0.15) is 98.3 Å². The molecule has 0 aliphatic heterocycles. The van der Waals surface area contributed by atoms with Gasteiger partial charge in [0.25, 0.3) is 0 Å². The largest absolute Gasteiger partial charge is 0.481 e. The quantitative estimate of drug-likeness (QED) is 0.109. The maximum Gasteiger partial charge on any atom is 0.303 e. The van der Waals surface area contributed by atoms with Gasteiger partial charge < -0.3 is 31.5 Å². The number of carboxylic acid groups (broad SMARTS) is 2.